The van der Waals surface area contributed by atoms with E-state index in [1.54, 1.807) is 10.7 Å². The molecule has 120 valence electrons. The molecule has 0 bridgehead atoms. The monoisotopic (exact) mass is 305 g/mol. The molecule has 2 unspecified atom stereocenters. The van der Waals surface area contributed by atoms with E-state index in [1.165, 1.54) is 12.8 Å². The van der Waals surface area contributed by atoms with Crippen molar-refractivity contribution in [2.45, 2.75) is 55.7 Å². The molecular weight excluding hydrogens is 282 g/mol. The van der Waals surface area contributed by atoms with Gasteiger partial charge in [0, 0.05) is 18.5 Å². The smallest absolute Gasteiger partial charge is 0.267 e. The molecule has 3 aliphatic rings. The van der Waals surface area contributed by atoms with Crippen molar-refractivity contribution >= 4 is 0 Å². The number of ether oxygens (including phenoxy) is 1. The van der Waals surface area contributed by atoms with Crippen LogP contribution in [0.3, 0.4) is 0 Å². The average molecular weight is 305 g/mol. The van der Waals surface area contributed by atoms with Gasteiger partial charge in [-0.05, 0) is 38.2 Å². The van der Waals surface area contributed by atoms with Crippen molar-refractivity contribution in [2.75, 3.05) is 19.8 Å². The molecule has 0 aromatic carbocycles. The first kappa shape index (κ1) is 14.4. The summed E-state index contributed by atoms with van der Waals surface area (Å²) in [5, 5.41) is 18.2. The van der Waals surface area contributed by atoms with Crippen LogP contribution in [0, 0.1) is 0 Å². The van der Waals surface area contributed by atoms with E-state index in [2.05, 4.69) is 10.4 Å². The molecule has 1 aliphatic heterocycles. The van der Waals surface area contributed by atoms with Crippen molar-refractivity contribution in [1.82, 2.24) is 15.1 Å². The topological polar surface area (TPSA) is 76.4 Å². The van der Waals surface area contributed by atoms with Gasteiger partial charge in [-0.15, -0.1) is 0 Å². The molecule has 2 heterocycles. The van der Waals surface area contributed by atoms with Crippen molar-refractivity contribution < 1.29 is 9.84 Å². The average Bonchev–Trinajstić information content (AvgIpc) is 3.23. The molecular formula is C16H23N3O3. The summed E-state index contributed by atoms with van der Waals surface area (Å²) < 4.78 is 7.15. The van der Waals surface area contributed by atoms with Gasteiger partial charge >= 0.3 is 0 Å². The summed E-state index contributed by atoms with van der Waals surface area (Å²) in [7, 11) is 0. The lowest BCUT2D eigenvalue weighted by Gasteiger charge is -2.38. The molecule has 1 aromatic rings. The predicted octanol–water partition coefficient (Wildman–Crippen LogP) is 0.565. The predicted molar refractivity (Wildman–Crippen MR) is 80.9 cm³/mol. The van der Waals surface area contributed by atoms with Gasteiger partial charge in [0.25, 0.3) is 5.56 Å². The fourth-order valence-corrected chi connectivity index (χ4v) is 3.34. The van der Waals surface area contributed by atoms with Gasteiger partial charge in [0.2, 0.25) is 0 Å². The fraction of sp³-hybridized carbons (Fsp3) is 0.750. The summed E-state index contributed by atoms with van der Waals surface area (Å²) in [6.07, 6.45) is 5.14. The highest BCUT2D eigenvalue weighted by atomic mass is 16.5. The summed E-state index contributed by atoms with van der Waals surface area (Å²) >= 11 is 0. The van der Waals surface area contributed by atoms with E-state index in [1.807, 2.05) is 6.07 Å². The summed E-state index contributed by atoms with van der Waals surface area (Å²) in [6.45, 7) is 1.62. The SMILES string of the molecule is O=c1ccc(C2CC2)nn1C1COCC1NCC1(O)CCC1. The molecule has 0 radical (unpaired) electrons. The Labute approximate surface area is 129 Å². The number of hydrogen-bond donors (Lipinski definition) is 2. The first-order valence-corrected chi connectivity index (χ1v) is 8.28. The van der Waals surface area contributed by atoms with Crippen LogP contribution in [-0.2, 0) is 4.74 Å². The summed E-state index contributed by atoms with van der Waals surface area (Å²) in [5.74, 6) is 0.524. The van der Waals surface area contributed by atoms with Crippen LogP contribution in [-0.4, -0.2) is 46.3 Å². The standard InChI is InChI=1S/C16H23N3O3/c20-15-5-4-12(11-2-3-11)18-19(15)14-9-22-8-13(14)17-10-16(21)6-1-7-16/h4-5,11,13-14,17,21H,1-3,6-10H2. The van der Waals surface area contributed by atoms with Crippen LogP contribution in [0.25, 0.3) is 0 Å². The lowest BCUT2D eigenvalue weighted by Crippen LogP contribution is -2.51. The van der Waals surface area contributed by atoms with Gasteiger partial charge in [-0.25, -0.2) is 4.68 Å². The lowest BCUT2D eigenvalue weighted by molar-refractivity contribution is -0.0339. The van der Waals surface area contributed by atoms with Gasteiger partial charge in [-0.1, -0.05) is 0 Å². The van der Waals surface area contributed by atoms with Crippen LogP contribution in [0.15, 0.2) is 16.9 Å². The highest BCUT2D eigenvalue weighted by Gasteiger charge is 2.38. The second-order valence-corrected chi connectivity index (χ2v) is 6.99. The summed E-state index contributed by atoms with van der Waals surface area (Å²) in [6, 6.07) is 3.42. The van der Waals surface area contributed by atoms with E-state index in [4.69, 9.17) is 4.74 Å². The third-order valence-electron chi connectivity index (χ3n) is 5.18. The minimum atomic E-state index is -0.568. The largest absolute Gasteiger partial charge is 0.389 e. The van der Waals surface area contributed by atoms with Crippen LogP contribution in [0.4, 0.5) is 0 Å². The Bertz CT molecular complexity index is 607. The van der Waals surface area contributed by atoms with Gasteiger partial charge in [0.1, 0.15) is 0 Å². The molecule has 1 aromatic heterocycles. The van der Waals surface area contributed by atoms with E-state index in [0.717, 1.165) is 25.0 Å². The van der Waals surface area contributed by atoms with Crippen molar-refractivity contribution in [3.63, 3.8) is 0 Å². The minimum Gasteiger partial charge on any atom is -0.389 e. The lowest BCUT2D eigenvalue weighted by atomic mass is 9.80. The van der Waals surface area contributed by atoms with Gasteiger partial charge in [0.15, 0.2) is 0 Å². The van der Waals surface area contributed by atoms with Crippen LogP contribution in [0.2, 0.25) is 0 Å². The Morgan fingerprint density at radius 2 is 2.18 bits per heavy atom. The van der Waals surface area contributed by atoms with Gasteiger partial charge < -0.3 is 15.2 Å². The molecule has 22 heavy (non-hydrogen) atoms. The molecule has 2 atom stereocenters. The number of rotatable bonds is 5. The molecule has 0 spiro atoms. The third-order valence-corrected chi connectivity index (χ3v) is 5.18. The maximum absolute atomic E-state index is 12.2. The molecule has 2 aliphatic carbocycles. The molecule has 2 N–H and O–H groups in total. The zero-order valence-electron chi connectivity index (χ0n) is 12.7. The number of hydrogen-bond acceptors (Lipinski definition) is 5. The first-order chi connectivity index (χ1) is 10.6. The van der Waals surface area contributed by atoms with Crippen LogP contribution < -0.4 is 10.9 Å². The summed E-state index contributed by atoms with van der Waals surface area (Å²) in [4.78, 5) is 12.2. The van der Waals surface area contributed by atoms with E-state index < -0.39 is 5.60 Å². The van der Waals surface area contributed by atoms with Crippen molar-refractivity contribution in [3.05, 3.63) is 28.2 Å². The number of nitrogens with zero attached hydrogens (tertiary/aromatic N) is 2. The van der Waals surface area contributed by atoms with Crippen LogP contribution in [0.1, 0.15) is 49.8 Å². The number of aromatic nitrogens is 2. The zero-order chi connectivity index (χ0) is 15.2. The molecule has 2 saturated carbocycles. The molecule has 1 saturated heterocycles. The Morgan fingerprint density at radius 1 is 1.36 bits per heavy atom. The summed E-state index contributed by atoms with van der Waals surface area (Å²) in [5.41, 5.74) is 0.374. The molecule has 4 rings (SSSR count). The first-order valence-electron chi connectivity index (χ1n) is 8.28. The highest BCUT2D eigenvalue weighted by molar-refractivity contribution is 5.13. The molecule has 3 fully saturated rings. The van der Waals surface area contributed by atoms with Crippen LogP contribution in [0.5, 0.6) is 0 Å². The van der Waals surface area contributed by atoms with E-state index in [-0.39, 0.29) is 17.6 Å². The van der Waals surface area contributed by atoms with Gasteiger partial charge in [-0.3, -0.25) is 4.79 Å². The number of aliphatic hydroxyl groups is 1. The quantitative estimate of drug-likeness (QED) is 0.831. The van der Waals surface area contributed by atoms with Crippen LogP contribution >= 0.6 is 0 Å². The van der Waals surface area contributed by atoms with E-state index >= 15 is 0 Å². The van der Waals surface area contributed by atoms with Gasteiger partial charge in [0.05, 0.1) is 36.6 Å². The Hall–Kier alpha value is -1.24. The molecule has 6 nitrogen and oxygen atoms in total. The zero-order valence-corrected chi connectivity index (χ0v) is 12.7. The normalized spacial score (nSPS) is 30.2. The Balaban J connectivity index is 1.50. The maximum Gasteiger partial charge on any atom is 0.267 e. The minimum absolute atomic E-state index is 0.0317. The van der Waals surface area contributed by atoms with Gasteiger partial charge in [-0.2, -0.15) is 5.10 Å². The Kier molecular flexibility index (Phi) is 3.55. The van der Waals surface area contributed by atoms with Crippen molar-refractivity contribution in [3.8, 4) is 0 Å². The maximum atomic E-state index is 12.2. The third kappa shape index (κ3) is 2.71. The molecule has 0 amide bonds. The second-order valence-electron chi connectivity index (χ2n) is 6.99. The highest BCUT2D eigenvalue weighted by Crippen LogP contribution is 2.38. The fourth-order valence-electron chi connectivity index (χ4n) is 3.34. The van der Waals surface area contributed by atoms with E-state index in [9.17, 15) is 9.90 Å². The Morgan fingerprint density at radius 3 is 2.86 bits per heavy atom. The second kappa shape index (κ2) is 5.44. The molecule has 6 heteroatoms. The van der Waals surface area contributed by atoms with Crippen molar-refractivity contribution in [2.24, 2.45) is 0 Å². The van der Waals surface area contributed by atoms with Crippen molar-refractivity contribution in [1.29, 1.82) is 0 Å². The van der Waals surface area contributed by atoms with E-state index in [0.29, 0.717) is 25.7 Å². The number of nitrogens with one attached hydrogen (secondary N) is 1.